The quantitative estimate of drug-likeness (QED) is 0.868. The minimum atomic E-state index is -0.631. The van der Waals surface area contributed by atoms with Crippen LogP contribution in [0.4, 0.5) is 5.69 Å². The lowest BCUT2D eigenvalue weighted by Gasteiger charge is -2.43. The Kier molecular flexibility index (Phi) is 3.61. The molecule has 20 heavy (non-hydrogen) atoms. The van der Waals surface area contributed by atoms with Gasteiger partial charge >= 0.3 is 0 Å². The van der Waals surface area contributed by atoms with Gasteiger partial charge in [-0.05, 0) is 39.3 Å². The van der Waals surface area contributed by atoms with Crippen molar-refractivity contribution in [3.63, 3.8) is 0 Å². The lowest BCUT2D eigenvalue weighted by atomic mass is 10.0. The van der Waals surface area contributed by atoms with Crippen molar-refractivity contribution in [2.24, 2.45) is 0 Å². The number of phenols is 1. The zero-order chi connectivity index (χ0) is 14.3. The molecule has 2 fully saturated rings. The normalized spacial score (nSPS) is 28.4. The molecule has 4 heteroatoms. The number of nitrogens with zero attached hydrogens (tertiary/aromatic N) is 2. The minimum Gasteiger partial charge on any atom is -0.507 e. The molecular weight excluding hydrogens is 252 g/mol. The Balaban J connectivity index is 1.83. The van der Waals surface area contributed by atoms with E-state index in [9.17, 15) is 10.2 Å². The second-order valence-electron chi connectivity index (χ2n) is 6.21. The number of benzene rings is 1. The number of anilines is 1. The maximum Gasteiger partial charge on any atom is 0.123 e. The molecule has 110 valence electrons. The minimum absolute atomic E-state index is 0.193. The van der Waals surface area contributed by atoms with Crippen molar-refractivity contribution in [3.8, 4) is 5.75 Å². The van der Waals surface area contributed by atoms with Crippen LogP contribution in [-0.2, 0) is 0 Å². The average molecular weight is 276 g/mol. The first-order valence-corrected chi connectivity index (χ1v) is 7.58. The Morgan fingerprint density at radius 3 is 2.80 bits per heavy atom. The van der Waals surface area contributed by atoms with Gasteiger partial charge in [-0.2, -0.15) is 0 Å². The van der Waals surface area contributed by atoms with E-state index in [1.54, 1.807) is 13.0 Å². The molecule has 0 spiro atoms. The average Bonchev–Trinajstić information content (AvgIpc) is 2.84. The van der Waals surface area contributed by atoms with E-state index < -0.39 is 6.10 Å². The molecule has 3 rings (SSSR count). The van der Waals surface area contributed by atoms with E-state index >= 15 is 0 Å². The van der Waals surface area contributed by atoms with E-state index in [4.69, 9.17) is 0 Å². The SMILES string of the molecule is CC(O)c1ccc(N2CC3CCCN3CC2C)cc1O. The van der Waals surface area contributed by atoms with E-state index in [0.717, 1.165) is 18.8 Å². The van der Waals surface area contributed by atoms with Gasteiger partial charge in [-0.15, -0.1) is 0 Å². The highest BCUT2D eigenvalue weighted by Crippen LogP contribution is 2.33. The van der Waals surface area contributed by atoms with Crippen LogP contribution < -0.4 is 4.90 Å². The van der Waals surface area contributed by atoms with Crippen LogP contribution in [0.3, 0.4) is 0 Å². The molecule has 2 aliphatic heterocycles. The molecule has 0 aliphatic carbocycles. The van der Waals surface area contributed by atoms with Crippen LogP contribution in [0.2, 0.25) is 0 Å². The third-order valence-electron chi connectivity index (χ3n) is 4.73. The standard InChI is InChI=1S/C16H24N2O2/c1-11-9-17-7-3-4-14(17)10-18(11)13-5-6-15(12(2)19)16(20)8-13/h5-6,8,11-12,14,19-20H,3-4,7,9-10H2,1-2H3. The van der Waals surface area contributed by atoms with Crippen molar-refractivity contribution in [3.05, 3.63) is 23.8 Å². The van der Waals surface area contributed by atoms with Crippen molar-refractivity contribution in [1.29, 1.82) is 0 Å². The zero-order valence-electron chi connectivity index (χ0n) is 12.3. The highest BCUT2D eigenvalue weighted by Gasteiger charge is 2.34. The predicted molar refractivity (Wildman–Crippen MR) is 80.1 cm³/mol. The van der Waals surface area contributed by atoms with Gasteiger partial charge in [-0.3, -0.25) is 4.90 Å². The third kappa shape index (κ3) is 2.38. The summed E-state index contributed by atoms with van der Waals surface area (Å²) in [7, 11) is 0. The second kappa shape index (κ2) is 5.26. The molecule has 0 bridgehead atoms. The monoisotopic (exact) mass is 276 g/mol. The van der Waals surface area contributed by atoms with Gasteiger partial charge in [0.05, 0.1) is 6.10 Å². The van der Waals surface area contributed by atoms with E-state index in [-0.39, 0.29) is 5.75 Å². The number of aliphatic hydroxyl groups is 1. The smallest absolute Gasteiger partial charge is 0.123 e. The molecule has 2 aliphatic rings. The molecule has 2 saturated heterocycles. The maximum absolute atomic E-state index is 10.1. The van der Waals surface area contributed by atoms with Gasteiger partial charge < -0.3 is 15.1 Å². The van der Waals surface area contributed by atoms with E-state index in [0.29, 0.717) is 17.6 Å². The molecule has 0 radical (unpaired) electrons. The molecular formula is C16H24N2O2. The van der Waals surface area contributed by atoms with Crippen LogP contribution in [0, 0.1) is 0 Å². The van der Waals surface area contributed by atoms with E-state index in [1.165, 1.54) is 19.4 Å². The van der Waals surface area contributed by atoms with Gasteiger partial charge in [-0.1, -0.05) is 6.07 Å². The highest BCUT2D eigenvalue weighted by atomic mass is 16.3. The fourth-order valence-electron chi connectivity index (χ4n) is 3.61. The van der Waals surface area contributed by atoms with Crippen LogP contribution in [0.15, 0.2) is 18.2 Å². The largest absolute Gasteiger partial charge is 0.507 e. The number of hydrogen-bond donors (Lipinski definition) is 2. The molecule has 0 aromatic heterocycles. The highest BCUT2D eigenvalue weighted by molar-refractivity contribution is 5.55. The van der Waals surface area contributed by atoms with Crippen molar-refractivity contribution >= 4 is 5.69 Å². The third-order valence-corrected chi connectivity index (χ3v) is 4.73. The van der Waals surface area contributed by atoms with Gasteiger partial charge in [0.15, 0.2) is 0 Å². The Labute approximate surface area is 120 Å². The van der Waals surface area contributed by atoms with Crippen LogP contribution >= 0.6 is 0 Å². The number of rotatable bonds is 2. The molecule has 3 unspecified atom stereocenters. The number of phenolic OH excluding ortho intramolecular Hbond substituents is 1. The molecule has 3 atom stereocenters. The first kappa shape index (κ1) is 13.7. The summed E-state index contributed by atoms with van der Waals surface area (Å²) in [4.78, 5) is 4.98. The summed E-state index contributed by atoms with van der Waals surface area (Å²) in [5.41, 5.74) is 1.66. The Morgan fingerprint density at radius 2 is 2.10 bits per heavy atom. The summed E-state index contributed by atoms with van der Waals surface area (Å²) in [6.07, 6.45) is 1.95. The van der Waals surface area contributed by atoms with Crippen LogP contribution in [0.1, 0.15) is 38.4 Å². The first-order chi connectivity index (χ1) is 9.56. The molecule has 2 heterocycles. The topological polar surface area (TPSA) is 46.9 Å². The summed E-state index contributed by atoms with van der Waals surface area (Å²) in [6.45, 7) is 7.29. The van der Waals surface area contributed by atoms with Gasteiger partial charge in [0.1, 0.15) is 5.75 Å². The zero-order valence-corrected chi connectivity index (χ0v) is 12.3. The fraction of sp³-hybridized carbons (Fsp3) is 0.625. The van der Waals surface area contributed by atoms with E-state index in [1.807, 2.05) is 12.1 Å². The molecule has 1 aromatic carbocycles. The summed E-state index contributed by atoms with van der Waals surface area (Å²) in [6, 6.07) is 6.76. The summed E-state index contributed by atoms with van der Waals surface area (Å²) in [5.74, 6) is 0.193. The molecule has 0 amide bonds. The Morgan fingerprint density at radius 1 is 1.30 bits per heavy atom. The van der Waals surface area contributed by atoms with Gasteiger partial charge in [0, 0.05) is 42.5 Å². The molecule has 0 saturated carbocycles. The number of hydrogen-bond acceptors (Lipinski definition) is 4. The summed E-state index contributed by atoms with van der Waals surface area (Å²) in [5, 5.41) is 19.7. The summed E-state index contributed by atoms with van der Waals surface area (Å²) < 4.78 is 0. The van der Waals surface area contributed by atoms with Crippen LogP contribution in [-0.4, -0.2) is 46.8 Å². The number of aromatic hydroxyl groups is 1. The second-order valence-corrected chi connectivity index (χ2v) is 6.21. The van der Waals surface area contributed by atoms with Gasteiger partial charge in [-0.25, -0.2) is 0 Å². The number of fused-ring (bicyclic) bond motifs is 1. The predicted octanol–water partition coefficient (Wildman–Crippen LogP) is 2.12. The lowest BCUT2D eigenvalue weighted by molar-refractivity contribution is 0.194. The summed E-state index contributed by atoms with van der Waals surface area (Å²) >= 11 is 0. The molecule has 1 aromatic rings. The van der Waals surface area contributed by atoms with Gasteiger partial charge in [0.2, 0.25) is 0 Å². The van der Waals surface area contributed by atoms with Crippen molar-refractivity contribution in [2.75, 3.05) is 24.5 Å². The maximum atomic E-state index is 10.1. The first-order valence-electron chi connectivity index (χ1n) is 7.58. The van der Waals surface area contributed by atoms with Crippen molar-refractivity contribution in [1.82, 2.24) is 4.90 Å². The fourth-order valence-corrected chi connectivity index (χ4v) is 3.61. The Hall–Kier alpha value is -1.26. The van der Waals surface area contributed by atoms with Crippen LogP contribution in [0.25, 0.3) is 0 Å². The van der Waals surface area contributed by atoms with E-state index in [2.05, 4.69) is 16.7 Å². The number of aliphatic hydroxyl groups excluding tert-OH is 1. The van der Waals surface area contributed by atoms with Crippen LogP contribution in [0.5, 0.6) is 5.75 Å². The number of piperazine rings is 1. The Bertz CT molecular complexity index is 489. The van der Waals surface area contributed by atoms with Crippen molar-refractivity contribution < 1.29 is 10.2 Å². The molecule has 2 N–H and O–H groups in total. The lowest BCUT2D eigenvalue weighted by Crippen LogP contribution is -2.55. The molecule has 4 nitrogen and oxygen atoms in total. The van der Waals surface area contributed by atoms with Gasteiger partial charge in [0.25, 0.3) is 0 Å². The van der Waals surface area contributed by atoms with Crippen molar-refractivity contribution in [2.45, 2.75) is 44.9 Å².